The minimum atomic E-state index is -1.07. The number of aliphatic hydroxyl groups is 4. The minimum Gasteiger partial charge on any atom is -0.456 e. The average Bonchev–Trinajstić information content (AvgIpc) is 2.98. The number of hydrogen-bond donors (Lipinski definition) is 6. The predicted octanol–water partition coefficient (Wildman–Crippen LogP) is 0.942. The van der Waals surface area contributed by atoms with Gasteiger partial charge in [0, 0.05) is 18.3 Å². The molecule has 2 saturated carbocycles. The zero-order chi connectivity index (χ0) is 30.9. The molecule has 244 valence electrons. The first-order chi connectivity index (χ1) is 20.6. The molecule has 3 aliphatic heterocycles. The van der Waals surface area contributed by atoms with Gasteiger partial charge < -0.3 is 45.7 Å². The Morgan fingerprint density at radius 2 is 1.95 bits per heavy atom. The Balaban J connectivity index is 1.48. The van der Waals surface area contributed by atoms with Gasteiger partial charge in [-0.05, 0) is 83.6 Å². The van der Waals surface area contributed by atoms with Gasteiger partial charge in [0.2, 0.25) is 0 Å². The maximum Gasteiger partial charge on any atom is 0.336 e. The number of hydrogen-bond acceptors (Lipinski definition) is 11. The Hall–Kier alpha value is -1.44. The van der Waals surface area contributed by atoms with Crippen molar-refractivity contribution in [2.24, 2.45) is 35.3 Å². The summed E-state index contributed by atoms with van der Waals surface area (Å²) in [5, 5.41) is 45.5. The van der Waals surface area contributed by atoms with E-state index in [2.05, 4.69) is 5.32 Å². The number of allylic oxidation sites excluding steroid dienone is 1. The number of rotatable bonds is 8. The minimum absolute atomic E-state index is 0.00538. The summed E-state index contributed by atoms with van der Waals surface area (Å²) < 4.78 is 19.5. The fourth-order valence-corrected chi connectivity index (χ4v) is 8.61. The van der Waals surface area contributed by atoms with Crippen LogP contribution in [0.1, 0.15) is 78.1 Å². The molecule has 11 nitrogen and oxygen atoms in total. The van der Waals surface area contributed by atoms with Gasteiger partial charge in [-0.3, -0.25) is 4.79 Å². The molecule has 5 fully saturated rings. The third kappa shape index (κ3) is 6.89. The molecule has 11 heteroatoms. The number of ketones is 1. The normalized spacial score (nSPS) is 45.7. The molecule has 5 rings (SSSR count). The van der Waals surface area contributed by atoms with Gasteiger partial charge in [0.1, 0.15) is 17.5 Å². The first-order valence-electron chi connectivity index (χ1n) is 16.4. The van der Waals surface area contributed by atoms with Crippen molar-refractivity contribution in [3.8, 4) is 0 Å². The summed E-state index contributed by atoms with van der Waals surface area (Å²) in [5.74, 6) is -1.91. The summed E-state index contributed by atoms with van der Waals surface area (Å²) in [6.45, 7) is 3.70. The van der Waals surface area contributed by atoms with E-state index in [0.717, 1.165) is 45.1 Å². The molecule has 0 bridgehead atoms. The van der Waals surface area contributed by atoms with Crippen LogP contribution in [0.5, 0.6) is 0 Å². The summed E-state index contributed by atoms with van der Waals surface area (Å²) in [6, 6.07) is 0. The molecule has 5 aliphatic rings. The lowest BCUT2D eigenvalue weighted by molar-refractivity contribution is -0.292. The molecule has 0 aromatic carbocycles. The smallest absolute Gasteiger partial charge is 0.336 e. The van der Waals surface area contributed by atoms with E-state index in [1.165, 1.54) is 6.08 Å². The highest BCUT2D eigenvalue weighted by Crippen LogP contribution is 2.53. The van der Waals surface area contributed by atoms with Crippen molar-refractivity contribution < 1.29 is 44.2 Å². The van der Waals surface area contributed by atoms with Gasteiger partial charge in [-0.1, -0.05) is 12.5 Å². The van der Waals surface area contributed by atoms with Crippen molar-refractivity contribution in [3.05, 3.63) is 11.6 Å². The van der Waals surface area contributed by atoms with Crippen LogP contribution in [0.3, 0.4) is 0 Å². The second kappa shape index (κ2) is 13.9. The van der Waals surface area contributed by atoms with E-state index in [9.17, 15) is 30.0 Å². The Bertz CT molecular complexity index is 1020. The summed E-state index contributed by atoms with van der Waals surface area (Å²) in [4.78, 5) is 26.6. The van der Waals surface area contributed by atoms with Crippen LogP contribution >= 0.6 is 0 Å². The van der Waals surface area contributed by atoms with E-state index < -0.39 is 66.6 Å². The van der Waals surface area contributed by atoms with Crippen LogP contribution in [0, 0.1) is 29.6 Å². The van der Waals surface area contributed by atoms with E-state index in [0.29, 0.717) is 25.2 Å². The number of carbonyl (C=O) groups excluding carboxylic acids is 2. The molecule has 43 heavy (non-hydrogen) atoms. The van der Waals surface area contributed by atoms with Crippen LogP contribution < -0.4 is 11.1 Å². The third-order valence-electron chi connectivity index (χ3n) is 11.1. The van der Waals surface area contributed by atoms with Gasteiger partial charge in [0.05, 0.1) is 61.4 Å². The first-order valence-corrected chi connectivity index (χ1v) is 16.4. The fourth-order valence-electron chi connectivity index (χ4n) is 8.61. The van der Waals surface area contributed by atoms with E-state index in [4.69, 9.17) is 19.9 Å². The standard InChI is InChI=1S/C32H52N2O9/c1-3-18(15-35)31(40)42-24-13-22-28(39)27-23(38)12-21(16-36)41-30(27)26(19-5-4-6-20(37)11-19)29(22)43-32(24,2)10-9-17-7-8-25(33)34-14-17/h3,17,19-22,24-30,34-37,39H,4-16,33H2,1-2H3. The van der Waals surface area contributed by atoms with Crippen LogP contribution in [0.25, 0.3) is 0 Å². The van der Waals surface area contributed by atoms with Crippen molar-refractivity contribution in [1.29, 1.82) is 0 Å². The highest BCUT2D eigenvalue weighted by atomic mass is 16.6. The number of esters is 1. The second-order valence-corrected chi connectivity index (χ2v) is 13.9. The topological polar surface area (TPSA) is 181 Å². The fraction of sp³-hybridized carbons (Fsp3) is 0.875. The van der Waals surface area contributed by atoms with Crippen LogP contribution in [0.15, 0.2) is 11.6 Å². The van der Waals surface area contributed by atoms with E-state index in [-0.39, 0.29) is 42.4 Å². The molecule has 0 radical (unpaired) electrons. The molecule has 13 unspecified atom stereocenters. The first kappa shape index (κ1) is 32.9. The van der Waals surface area contributed by atoms with Crippen molar-refractivity contribution >= 4 is 11.8 Å². The van der Waals surface area contributed by atoms with Crippen LogP contribution in [-0.4, -0.2) is 100 Å². The lowest BCUT2D eigenvalue weighted by atomic mass is 9.58. The van der Waals surface area contributed by atoms with E-state index >= 15 is 0 Å². The summed E-state index contributed by atoms with van der Waals surface area (Å²) >= 11 is 0. The zero-order valence-corrected chi connectivity index (χ0v) is 25.6. The lowest BCUT2D eigenvalue weighted by Gasteiger charge is -2.59. The number of nitrogens with two attached hydrogens (primary N) is 1. The number of fused-ring (bicyclic) bond motifs is 2. The number of carbonyl (C=O) groups is 2. The van der Waals surface area contributed by atoms with E-state index in [1.54, 1.807) is 6.92 Å². The van der Waals surface area contributed by atoms with Crippen LogP contribution in [0.2, 0.25) is 0 Å². The van der Waals surface area contributed by atoms with E-state index in [1.807, 2.05) is 6.92 Å². The molecule has 3 heterocycles. The molecule has 0 aromatic heterocycles. The number of nitrogens with one attached hydrogen (secondary N) is 1. The highest BCUT2D eigenvalue weighted by molar-refractivity contribution is 5.88. The Kier molecular flexibility index (Phi) is 10.7. The number of ether oxygens (including phenoxy) is 3. The van der Waals surface area contributed by atoms with Crippen molar-refractivity contribution in [2.75, 3.05) is 19.8 Å². The Labute approximate surface area is 254 Å². The Morgan fingerprint density at radius 1 is 1.16 bits per heavy atom. The van der Waals surface area contributed by atoms with Crippen LogP contribution in [-0.2, 0) is 23.8 Å². The van der Waals surface area contributed by atoms with Crippen molar-refractivity contribution in [1.82, 2.24) is 5.32 Å². The molecule has 0 amide bonds. The van der Waals surface area contributed by atoms with Gasteiger partial charge in [-0.25, -0.2) is 4.79 Å². The van der Waals surface area contributed by atoms with Crippen molar-refractivity contribution in [2.45, 2.75) is 126 Å². The predicted molar refractivity (Wildman–Crippen MR) is 156 cm³/mol. The monoisotopic (exact) mass is 608 g/mol. The number of aliphatic hydroxyl groups excluding tert-OH is 4. The molecule has 0 spiro atoms. The van der Waals surface area contributed by atoms with Crippen molar-refractivity contribution in [3.63, 3.8) is 0 Å². The molecular formula is C32H52N2O9. The van der Waals surface area contributed by atoms with Gasteiger partial charge in [-0.2, -0.15) is 0 Å². The molecule has 7 N–H and O–H groups in total. The molecule has 0 aromatic rings. The molecular weight excluding hydrogens is 556 g/mol. The SMILES string of the molecule is CC=C(CO)C(=O)OC1CC2C(O)C3C(=O)CC(CO)OC3C(C3CCCC(O)C3)C2OC1(C)CCC1CCC(N)NC1. The molecule has 3 saturated heterocycles. The maximum atomic E-state index is 13.5. The highest BCUT2D eigenvalue weighted by Gasteiger charge is 2.62. The quantitative estimate of drug-likeness (QED) is 0.171. The summed E-state index contributed by atoms with van der Waals surface area (Å²) in [6.07, 6.45) is 4.11. The number of Topliss-reactive ketones (excluding diaryl/α,β-unsaturated/α-hetero) is 1. The van der Waals surface area contributed by atoms with Gasteiger partial charge in [0.25, 0.3) is 0 Å². The number of piperidine rings is 1. The average molecular weight is 609 g/mol. The van der Waals surface area contributed by atoms with Gasteiger partial charge in [0.15, 0.2) is 0 Å². The Morgan fingerprint density at radius 3 is 2.60 bits per heavy atom. The molecule has 2 aliphatic carbocycles. The summed E-state index contributed by atoms with van der Waals surface area (Å²) in [7, 11) is 0. The van der Waals surface area contributed by atoms with Crippen LogP contribution in [0.4, 0.5) is 0 Å². The van der Waals surface area contributed by atoms with Gasteiger partial charge in [-0.15, -0.1) is 0 Å². The maximum absolute atomic E-state index is 13.5. The third-order valence-corrected chi connectivity index (χ3v) is 11.1. The van der Waals surface area contributed by atoms with Gasteiger partial charge >= 0.3 is 5.97 Å². The molecule has 13 atom stereocenters. The lowest BCUT2D eigenvalue weighted by Crippen LogP contribution is -2.69. The zero-order valence-electron chi connectivity index (χ0n) is 25.6. The largest absolute Gasteiger partial charge is 0.456 e. The summed E-state index contributed by atoms with van der Waals surface area (Å²) in [5.41, 5.74) is 5.29. The second-order valence-electron chi connectivity index (χ2n) is 13.9.